The monoisotopic (exact) mass is 479 g/mol. The summed E-state index contributed by atoms with van der Waals surface area (Å²) in [5, 5.41) is 11.5. The van der Waals surface area contributed by atoms with Crippen LogP contribution in [0, 0.1) is 17.0 Å². The first kappa shape index (κ1) is 25.2. The Balaban J connectivity index is 1.91. The van der Waals surface area contributed by atoms with E-state index in [2.05, 4.69) is 0 Å². The summed E-state index contributed by atoms with van der Waals surface area (Å²) >= 11 is 0. The molecule has 1 aromatic heterocycles. The third-order valence-corrected chi connectivity index (χ3v) is 5.43. The van der Waals surface area contributed by atoms with Crippen molar-refractivity contribution >= 4 is 29.0 Å². The highest BCUT2D eigenvalue weighted by Crippen LogP contribution is 2.29. The average Bonchev–Trinajstić information content (AvgIpc) is 3.21. The summed E-state index contributed by atoms with van der Waals surface area (Å²) in [4.78, 5) is 52.3. The minimum Gasteiger partial charge on any atom is -0.465 e. The zero-order valence-corrected chi connectivity index (χ0v) is 20.0. The van der Waals surface area contributed by atoms with Gasteiger partial charge in [0.25, 0.3) is 11.6 Å². The number of hydrogen-bond acceptors (Lipinski definition) is 8. The minimum absolute atomic E-state index is 0.0438. The highest BCUT2D eigenvalue weighted by atomic mass is 16.6. The lowest BCUT2D eigenvalue weighted by Crippen LogP contribution is -2.27. The van der Waals surface area contributed by atoms with E-state index in [-0.39, 0.29) is 34.5 Å². The Hall–Kier alpha value is -4.47. The van der Waals surface area contributed by atoms with Crippen LogP contribution in [0.4, 0.5) is 11.4 Å². The van der Waals surface area contributed by atoms with E-state index in [9.17, 15) is 24.5 Å². The van der Waals surface area contributed by atoms with Gasteiger partial charge in [0, 0.05) is 38.3 Å². The van der Waals surface area contributed by atoms with E-state index in [1.54, 1.807) is 38.1 Å². The van der Waals surface area contributed by atoms with Gasteiger partial charge in [-0.3, -0.25) is 19.7 Å². The van der Waals surface area contributed by atoms with E-state index in [0.717, 1.165) is 0 Å². The predicted octanol–water partition coefficient (Wildman–Crippen LogP) is 3.85. The average molecular weight is 479 g/mol. The van der Waals surface area contributed by atoms with Gasteiger partial charge in [-0.05, 0) is 31.2 Å². The summed E-state index contributed by atoms with van der Waals surface area (Å²) < 4.78 is 10.3. The van der Waals surface area contributed by atoms with Crippen molar-refractivity contribution < 1.29 is 28.5 Å². The number of esters is 1. The van der Waals surface area contributed by atoms with Gasteiger partial charge in [-0.2, -0.15) is 0 Å². The second-order valence-corrected chi connectivity index (χ2v) is 8.07. The number of amides is 1. The van der Waals surface area contributed by atoms with Crippen molar-refractivity contribution in [3.8, 4) is 0 Å². The molecule has 10 heteroatoms. The fourth-order valence-electron chi connectivity index (χ4n) is 3.66. The van der Waals surface area contributed by atoms with Gasteiger partial charge in [0.15, 0.2) is 5.78 Å². The van der Waals surface area contributed by atoms with Crippen LogP contribution in [-0.4, -0.2) is 55.7 Å². The number of ether oxygens (including phenoxy) is 1. The van der Waals surface area contributed by atoms with Gasteiger partial charge in [0.05, 0.1) is 24.1 Å². The van der Waals surface area contributed by atoms with E-state index in [1.165, 1.54) is 55.5 Å². The van der Waals surface area contributed by atoms with Crippen LogP contribution in [0.15, 0.2) is 52.9 Å². The Morgan fingerprint density at radius 3 is 2.26 bits per heavy atom. The van der Waals surface area contributed by atoms with Crippen LogP contribution in [-0.2, 0) is 11.3 Å². The summed E-state index contributed by atoms with van der Waals surface area (Å²) in [6, 6.07) is 12.0. The molecule has 0 N–H and O–H groups in total. The van der Waals surface area contributed by atoms with Gasteiger partial charge in [-0.25, -0.2) is 4.79 Å². The molecule has 0 unspecified atom stereocenters. The number of nitro groups is 1. The topological polar surface area (TPSA) is 123 Å². The van der Waals surface area contributed by atoms with Gasteiger partial charge in [-0.15, -0.1) is 0 Å². The van der Waals surface area contributed by atoms with Crippen molar-refractivity contribution in [2.75, 3.05) is 33.2 Å². The number of furan rings is 1. The summed E-state index contributed by atoms with van der Waals surface area (Å²) in [7, 11) is 6.14. The van der Waals surface area contributed by atoms with Gasteiger partial charge >= 0.3 is 5.97 Å². The van der Waals surface area contributed by atoms with Crippen molar-refractivity contribution in [3.05, 3.63) is 92.4 Å². The Morgan fingerprint density at radius 1 is 1.00 bits per heavy atom. The second kappa shape index (κ2) is 10.2. The van der Waals surface area contributed by atoms with Crippen LogP contribution < -0.4 is 4.90 Å². The van der Waals surface area contributed by atoms with Crippen molar-refractivity contribution in [1.29, 1.82) is 0 Å². The molecule has 182 valence electrons. The van der Waals surface area contributed by atoms with Gasteiger partial charge in [-0.1, -0.05) is 18.2 Å². The number of carbonyl (C=O) groups excluding carboxylic acids is 3. The van der Waals surface area contributed by atoms with Gasteiger partial charge < -0.3 is 19.0 Å². The van der Waals surface area contributed by atoms with Crippen LogP contribution in [0.1, 0.15) is 48.2 Å². The number of methoxy groups -OCH3 is 1. The van der Waals surface area contributed by atoms with E-state index < -0.39 is 22.6 Å². The molecule has 3 rings (SSSR count). The lowest BCUT2D eigenvalue weighted by Gasteiger charge is -2.18. The van der Waals surface area contributed by atoms with E-state index in [4.69, 9.17) is 9.15 Å². The number of benzene rings is 2. The first-order valence-electron chi connectivity index (χ1n) is 10.6. The summed E-state index contributed by atoms with van der Waals surface area (Å²) in [6.07, 6.45) is 0. The standard InChI is InChI=1S/C25H25N3O7/c1-15-20(25(31)34-5)13-17(35-15)14-27(4)24(30)19-9-7-6-8-18(19)23(29)16-10-11-21(26(2)3)22(12-16)28(32)33/h6-13H,14H2,1-5H3. The summed E-state index contributed by atoms with van der Waals surface area (Å²) in [5.41, 5.74) is 0.751. The molecule has 1 heterocycles. The third-order valence-electron chi connectivity index (χ3n) is 5.43. The zero-order chi connectivity index (χ0) is 25.9. The normalized spacial score (nSPS) is 10.5. The molecule has 0 radical (unpaired) electrons. The number of nitrogens with zero attached hydrogens (tertiary/aromatic N) is 3. The molecule has 0 saturated carbocycles. The molecule has 0 aliphatic rings. The third kappa shape index (κ3) is 5.21. The highest BCUT2D eigenvalue weighted by Gasteiger charge is 2.25. The van der Waals surface area contributed by atoms with Crippen molar-refractivity contribution in [1.82, 2.24) is 4.90 Å². The van der Waals surface area contributed by atoms with E-state index in [1.807, 2.05) is 0 Å². The Kier molecular flexibility index (Phi) is 7.34. The molecule has 0 saturated heterocycles. The van der Waals surface area contributed by atoms with Gasteiger partial charge in [0.2, 0.25) is 0 Å². The second-order valence-electron chi connectivity index (χ2n) is 8.07. The molecule has 0 spiro atoms. The Labute approximate surface area is 201 Å². The van der Waals surface area contributed by atoms with Crippen LogP contribution >= 0.6 is 0 Å². The number of carbonyl (C=O) groups is 3. The maximum absolute atomic E-state index is 13.3. The highest BCUT2D eigenvalue weighted by molar-refractivity contribution is 6.15. The predicted molar refractivity (Wildman–Crippen MR) is 128 cm³/mol. The fraction of sp³-hybridized carbons (Fsp3) is 0.240. The fourth-order valence-corrected chi connectivity index (χ4v) is 3.66. The molecule has 3 aromatic rings. The lowest BCUT2D eigenvalue weighted by molar-refractivity contribution is -0.384. The van der Waals surface area contributed by atoms with E-state index in [0.29, 0.717) is 17.2 Å². The van der Waals surface area contributed by atoms with Crippen LogP contribution in [0.2, 0.25) is 0 Å². The Morgan fingerprint density at radius 2 is 1.66 bits per heavy atom. The van der Waals surface area contributed by atoms with Crippen LogP contribution in [0.3, 0.4) is 0 Å². The molecule has 0 fully saturated rings. The molecule has 0 bridgehead atoms. The van der Waals surface area contributed by atoms with Crippen LogP contribution in [0.25, 0.3) is 0 Å². The minimum atomic E-state index is -0.551. The van der Waals surface area contributed by atoms with Crippen LogP contribution in [0.5, 0.6) is 0 Å². The molecule has 1 amide bonds. The number of nitro benzene ring substituents is 1. The molecular weight excluding hydrogens is 454 g/mol. The first-order chi connectivity index (χ1) is 16.5. The first-order valence-corrected chi connectivity index (χ1v) is 10.6. The lowest BCUT2D eigenvalue weighted by atomic mass is 9.97. The SMILES string of the molecule is COC(=O)c1cc(CN(C)C(=O)c2ccccc2C(=O)c2ccc(N(C)C)c([N+](=O)[O-])c2)oc1C. The molecule has 10 nitrogen and oxygen atoms in total. The maximum Gasteiger partial charge on any atom is 0.341 e. The van der Waals surface area contributed by atoms with Crippen molar-refractivity contribution in [3.63, 3.8) is 0 Å². The molecule has 0 aliphatic carbocycles. The van der Waals surface area contributed by atoms with E-state index >= 15 is 0 Å². The summed E-state index contributed by atoms with van der Waals surface area (Å²) in [6.45, 7) is 1.66. The number of hydrogen-bond donors (Lipinski definition) is 0. The molecule has 0 aliphatic heterocycles. The smallest absolute Gasteiger partial charge is 0.341 e. The largest absolute Gasteiger partial charge is 0.465 e. The molecule has 2 aromatic carbocycles. The quantitative estimate of drug-likeness (QED) is 0.207. The molecular formula is C25H25N3O7. The molecule has 35 heavy (non-hydrogen) atoms. The number of ketones is 1. The number of aryl methyl sites for hydroxylation is 1. The number of anilines is 1. The van der Waals surface area contributed by atoms with Crippen molar-refractivity contribution in [2.24, 2.45) is 0 Å². The molecule has 0 atom stereocenters. The Bertz CT molecular complexity index is 1310. The maximum atomic E-state index is 13.3. The zero-order valence-electron chi connectivity index (χ0n) is 20.0. The van der Waals surface area contributed by atoms with Gasteiger partial charge in [0.1, 0.15) is 22.8 Å². The number of rotatable bonds is 8. The van der Waals surface area contributed by atoms with Crippen molar-refractivity contribution in [2.45, 2.75) is 13.5 Å². The summed E-state index contributed by atoms with van der Waals surface area (Å²) in [5.74, 6) is -0.778.